The Hall–Kier alpha value is -2.74. The second kappa shape index (κ2) is 8.10. The Morgan fingerprint density at radius 1 is 1.25 bits per heavy atom. The van der Waals surface area contributed by atoms with Crippen molar-refractivity contribution in [1.82, 2.24) is 14.1 Å². The van der Waals surface area contributed by atoms with Crippen molar-refractivity contribution >= 4 is 5.97 Å². The number of fused-ring (bicyclic) bond motifs is 1. The molecule has 3 rings (SSSR count). The first-order valence-corrected chi connectivity index (χ1v) is 9.54. The second-order valence-electron chi connectivity index (χ2n) is 7.42. The number of hydrogen-bond acceptors (Lipinski definition) is 6. The van der Waals surface area contributed by atoms with Gasteiger partial charge in [0, 0.05) is 30.4 Å². The van der Waals surface area contributed by atoms with Crippen molar-refractivity contribution < 1.29 is 9.53 Å². The van der Waals surface area contributed by atoms with Crippen LogP contribution in [0.3, 0.4) is 0 Å². The summed E-state index contributed by atoms with van der Waals surface area (Å²) in [5, 5.41) is 0. The van der Waals surface area contributed by atoms with Crippen molar-refractivity contribution in [2.24, 2.45) is 12.8 Å². The van der Waals surface area contributed by atoms with Crippen molar-refractivity contribution in [3.63, 3.8) is 0 Å². The lowest BCUT2D eigenvalue weighted by Gasteiger charge is -2.20. The Bertz CT molecular complexity index is 989. The molecule has 8 heteroatoms. The summed E-state index contributed by atoms with van der Waals surface area (Å²) < 4.78 is 7.81. The SMILES string of the molecule is CC(C)OC(=O)[C@@H](N)Cc1ccc(-n2c(=O)c3c(n(C)c2=O)CCCC3)cn1. The molecule has 0 aliphatic heterocycles. The molecular formula is C20H26N4O4. The van der Waals surface area contributed by atoms with Gasteiger partial charge in [-0.05, 0) is 51.7 Å². The lowest BCUT2D eigenvalue weighted by molar-refractivity contribution is -0.148. The molecular weight excluding hydrogens is 360 g/mol. The largest absolute Gasteiger partial charge is 0.462 e. The van der Waals surface area contributed by atoms with Gasteiger partial charge in [-0.2, -0.15) is 0 Å². The van der Waals surface area contributed by atoms with Crippen molar-refractivity contribution in [3.05, 3.63) is 56.1 Å². The standard InChI is InChI=1S/C20H26N4O4/c1-12(2)28-19(26)16(21)10-13-8-9-14(11-22-13)24-18(25)15-6-4-5-7-17(15)23(3)20(24)27/h8-9,11-12,16H,4-7,10,21H2,1-3H3/t16-/m0/s1. The van der Waals surface area contributed by atoms with Crippen LogP contribution in [0.5, 0.6) is 0 Å². The third-order valence-electron chi connectivity index (χ3n) is 4.93. The molecule has 0 amide bonds. The Morgan fingerprint density at radius 3 is 2.61 bits per heavy atom. The molecule has 28 heavy (non-hydrogen) atoms. The van der Waals surface area contributed by atoms with Crippen molar-refractivity contribution in [1.29, 1.82) is 0 Å². The topological polar surface area (TPSA) is 109 Å². The molecule has 2 aromatic heterocycles. The van der Waals surface area contributed by atoms with Crippen LogP contribution in [0.1, 0.15) is 43.6 Å². The minimum Gasteiger partial charge on any atom is -0.462 e. The van der Waals surface area contributed by atoms with E-state index in [1.165, 1.54) is 6.20 Å². The number of ether oxygens (including phenoxy) is 1. The van der Waals surface area contributed by atoms with Gasteiger partial charge >= 0.3 is 11.7 Å². The van der Waals surface area contributed by atoms with Gasteiger partial charge in [0.2, 0.25) is 0 Å². The number of carbonyl (C=O) groups excluding carboxylic acids is 1. The van der Waals surface area contributed by atoms with Crippen LogP contribution in [0.2, 0.25) is 0 Å². The molecule has 2 heterocycles. The van der Waals surface area contributed by atoms with Crippen LogP contribution in [-0.2, 0) is 35.8 Å². The highest BCUT2D eigenvalue weighted by atomic mass is 16.5. The summed E-state index contributed by atoms with van der Waals surface area (Å²) in [5.74, 6) is -0.486. The Balaban J connectivity index is 1.88. The number of hydrogen-bond donors (Lipinski definition) is 1. The molecule has 1 aliphatic carbocycles. The molecule has 1 aliphatic rings. The molecule has 0 aromatic carbocycles. The number of rotatable bonds is 5. The van der Waals surface area contributed by atoms with Gasteiger partial charge in [0.05, 0.1) is 18.0 Å². The van der Waals surface area contributed by atoms with E-state index in [1.54, 1.807) is 37.6 Å². The normalized spacial score (nSPS) is 14.6. The first-order chi connectivity index (χ1) is 13.3. The van der Waals surface area contributed by atoms with E-state index >= 15 is 0 Å². The van der Waals surface area contributed by atoms with Gasteiger partial charge in [-0.15, -0.1) is 0 Å². The third kappa shape index (κ3) is 3.91. The molecule has 0 unspecified atom stereocenters. The van der Waals surface area contributed by atoms with E-state index in [0.29, 0.717) is 23.4 Å². The van der Waals surface area contributed by atoms with E-state index in [4.69, 9.17) is 10.5 Å². The monoisotopic (exact) mass is 386 g/mol. The zero-order valence-corrected chi connectivity index (χ0v) is 16.5. The number of nitrogens with zero attached hydrogens (tertiary/aromatic N) is 3. The maximum Gasteiger partial charge on any atom is 0.335 e. The van der Waals surface area contributed by atoms with E-state index in [2.05, 4.69) is 4.98 Å². The summed E-state index contributed by atoms with van der Waals surface area (Å²) in [5.41, 5.74) is 7.74. The summed E-state index contributed by atoms with van der Waals surface area (Å²) in [6, 6.07) is 2.50. The second-order valence-corrected chi connectivity index (χ2v) is 7.42. The summed E-state index contributed by atoms with van der Waals surface area (Å²) >= 11 is 0. The molecule has 0 bridgehead atoms. The fraction of sp³-hybridized carbons (Fsp3) is 0.500. The van der Waals surface area contributed by atoms with Crippen molar-refractivity contribution in [3.8, 4) is 5.69 Å². The molecule has 8 nitrogen and oxygen atoms in total. The lowest BCUT2D eigenvalue weighted by Crippen LogP contribution is -2.42. The molecule has 150 valence electrons. The van der Waals surface area contributed by atoms with Gasteiger partial charge in [-0.1, -0.05) is 0 Å². The highest BCUT2D eigenvalue weighted by Crippen LogP contribution is 2.17. The lowest BCUT2D eigenvalue weighted by atomic mass is 9.97. The van der Waals surface area contributed by atoms with Gasteiger partial charge < -0.3 is 15.0 Å². The minimum atomic E-state index is -0.819. The smallest absolute Gasteiger partial charge is 0.335 e. The van der Waals surface area contributed by atoms with Gasteiger partial charge in [0.15, 0.2) is 0 Å². The molecule has 2 N–H and O–H groups in total. The average molecular weight is 386 g/mol. The average Bonchev–Trinajstić information content (AvgIpc) is 2.67. The zero-order chi connectivity index (χ0) is 20.4. The highest BCUT2D eigenvalue weighted by Gasteiger charge is 2.21. The summed E-state index contributed by atoms with van der Waals surface area (Å²) in [7, 11) is 1.70. The molecule has 2 aromatic rings. The first-order valence-electron chi connectivity index (χ1n) is 9.54. The van der Waals surface area contributed by atoms with Crippen LogP contribution in [0.25, 0.3) is 5.69 Å². The van der Waals surface area contributed by atoms with Gasteiger partial charge in [-0.25, -0.2) is 9.36 Å². The quantitative estimate of drug-likeness (QED) is 0.755. The van der Waals surface area contributed by atoms with Crippen molar-refractivity contribution in [2.45, 2.75) is 58.1 Å². The van der Waals surface area contributed by atoms with Gasteiger partial charge in [-0.3, -0.25) is 14.6 Å². The minimum absolute atomic E-state index is 0.211. The van der Waals surface area contributed by atoms with E-state index in [0.717, 1.165) is 29.5 Å². The maximum absolute atomic E-state index is 12.9. The predicted octanol–water partition coefficient (Wildman–Crippen LogP) is 0.631. The molecule has 0 saturated heterocycles. The summed E-state index contributed by atoms with van der Waals surface area (Å²) in [4.78, 5) is 41.7. The van der Waals surface area contributed by atoms with Crippen LogP contribution >= 0.6 is 0 Å². The number of nitrogens with two attached hydrogens (primary N) is 1. The summed E-state index contributed by atoms with van der Waals surface area (Å²) in [6.07, 6.45) is 4.80. The van der Waals surface area contributed by atoms with E-state index in [9.17, 15) is 14.4 Å². The van der Waals surface area contributed by atoms with E-state index in [-0.39, 0.29) is 23.8 Å². The van der Waals surface area contributed by atoms with Crippen LogP contribution in [-0.4, -0.2) is 32.2 Å². The van der Waals surface area contributed by atoms with E-state index in [1.807, 2.05) is 0 Å². The van der Waals surface area contributed by atoms with Crippen LogP contribution in [0.15, 0.2) is 27.9 Å². The molecule has 0 fully saturated rings. The Morgan fingerprint density at radius 2 is 1.96 bits per heavy atom. The van der Waals surface area contributed by atoms with Crippen LogP contribution in [0.4, 0.5) is 0 Å². The number of pyridine rings is 1. The predicted molar refractivity (Wildman–Crippen MR) is 105 cm³/mol. The van der Waals surface area contributed by atoms with Crippen molar-refractivity contribution in [2.75, 3.05) is 0 Å². The van der Waals surface area contributed by atoms with Gasteiger partial charge in [0.25, 0.3) is 5.56 Å². The zero-order valence-electron chi connectivity index (χ0n) is 16.5. The number of esters is 1. The number of carbonyl (C=O) groups is 1. The van der Waals surface area contributed by atoms with Crippen LogP contribution < -0.4 is 17.0 Å². The molecule has 1 atom stereocenters. The van der Waals surface area contributed by atoms with Gasteiger partial charge in [0.1, 0.15) is 6.04 Å². The Labute approximate surface area is 163 Å². The maximum atomic E-state index is 12.9. The highest BCUT2D eigenvalue weighted by molar-refractivity contribution is 5.75. The Kier molecular flexibility index (Phi) is 5.79. The third-order valence-corrected chi connectivity index (χ3v) is 4.93. The molecule has 0 radical (unpaired) electrons. The first kappa shape index (κ1) is 20.0. The molecule has 0 saturated carbocycles. The summed E-state index contributed by atoms with van der Waals surface area (Å²) in [6.45, 7) is 3.52. The molecule has 0 spiro atoms. The van der Waals surface area contributed by atoms with E-state index < -0.39 is 12.0 Å². The fourth-order valence-corrected chi connectivity index (χ4v) is 3.50. The van der Waals surface area contributed by atoms with Crippen LogP contribution in [0, 0.1) is 0 Å². The fourth-order valence-electron chi connectivity index (χ4n) is 3.50. The number of aromatic nitrogens is 3.